The number of benzene rings is 2. The maximum Gasteiger partial charge on any atom is 0.415 e. The molecule has 3 amide bonds. The molecule has 33 heavy (non-hydrogen) atoms. The van der Waals surface area contributed by atoms with Gasteiger partial charge in [0.1, 0.15) is 12.6 Å². The number of anilines is 1. The van der Waals surface area contributed by atoms with Gasteiger partial charge in [0.15, 0.2) is 0 Å². The lowest BCUT2D eigenvalue weighted by Crippen LogP contribution is -2.59. The Labute approximate surface area is 194 Å². The van der Waals surface area contributed by atoms with Crippen molar-refractivity contribution in [3.63, 3.8) is 0 Å². The summed E-state index contributed by atoms with van der Waals surface area (Å²) in [6.07, 6.45) is 0.901. The van der Waals surface area contributed by atoms with Crippen LogP contribution in [0, 0.1) is 12.8 Å². The molecule has 0 aromatic heterocycles. The Morgan fingerprint density at radius 1 is 1.03 bits per heavy atom. The van der Waals surface area contributed by atoms with Crippen LogP contribution in [0.1, 0.15) is 42.6 Å². The number of ether oxygens (including phenoxy) is 1. The summed E-state index contributed by atoms with van der Waals surface area (Å²) in [5.74, 6) is -0.388. The molecule has 2 aliphatic heterocycles. The van der Waals surface area contributed by atoms with Gasteiger partial charge in [0.25, 0.3) is 5.91 Å². The van der Waals surface area contributed by atoms with Crippen LogP contribution in [0.25, 0.3) is 0 Å². The van der Waals surface area contributed by atoms with Gasteiger partial charge >= 0.3 is 6.09 Å². The first kappa shape index (κ1) is 22.8. The van der Waals surface area contributed by atoms with E-state index < -0.39 is 11.6 Å². The molecule has 1 atom stereocenters. The van der Waals surface area contributed by atoms with Crippen molar-refractivity contribution in [2.24, 2.45) is 5.92 Å². The summed E-state index contributed by atoms with van der Waals surface area (Å²) in [6, 6.07) is 16.2. The zero-order valence-corrected chi connectivity index (χ0v) is 19.4. The number of likely N-dealkylation sites (tertiary alicyclic amines) is 1. The van der Waals surface area contributed by atoms with Crippen molar-refractivity contribution < 1.29 is 19.1 Å². The second-order valence-electron chi connectivity index (χ2n) is 9.34. The molecule has 0 saturated carbocycles. The van der Waals surface area contributed by atoms with Gasteiger partial charge in [-0.3, -0.25) is 14.5 Å². The number of piperidine rings is 1. The summed E-state index contributed by atoms with van der Waals surface area (Å²) in [7, 11) is 0. The summed E-state index contributed by atoms with van der Waals surface area (Å²) in [4.78, 5) is 42.3. The van der Waals surface area contributed by atoms with Crippen LogP contribution < -0.4 is 10.2 Å². The minimum absolute atomic E-state index is 0.0562. The average Bonchev–Trinajstić information content (AvgIpc) is 3.13. The third-order valence-electron chi connectivity index (χ3n) is 6.64. The lowest BCUT2D eigenvalue weighted by atomic mass is 9.86. The van der Waals surface area contributed by atoms with Crippen molar-refractivity contribution in [1.82, 2.24) is 10.2 Å². The lowest BCUT2D eigenvalue weighted by Gasteiger charge is -2.43. The smallest absolute Gasteiger partial charge is 0.415 e. The number of carbonyl (C=O) groups is 3. The van der Waals surface area contributed by atoms with Crippen LogP contribution in [-0.4, -0.2) is 54.1 Å². The molecule has 7 heteroatoms. The number of hydrogen-bond acceptors (Lipinski definition) is 4. The summed E-state index contributed by atoms with van der Waals surface area (Å²) in [5, 5.41) is 2.94. The SMILES string of the molecule is Cc1cccc(C(=O)N[C@@H](C(=O)N2CCC3(CC2)COC(=O)N3c2ccccc2)C(C)C)c1. The number of cyclic esters (lactones) is 1. The van der Waals surface area contributed by atoms with Crippen molar-refractivity contribution in [3.05, 3.63) is 65.7 Å². The van der Waals surface area contributed by atoms with E-state index in [4.69, 9.17) is 4.74 Å². The van der Waals surface area contributed by atoms with Crippen LogP contribution in [-0.2, 0) is 9.53 Å². The van der Waals surface area contributed by atoms with Crippen LogP contribution in [0.4, 0.5) is 10.5 Å². The number of nitrogens with zero attached hydrogens (tertiary/aromatic N) is 2. The van der Waals surface area contributed by atoms with Gasteiger partial charge in [-0.05, 0) is 49.9 Å². The Morgan fingerprint density at radius 2 is 1.73 bits per heavy atom. The highest BCUT2D eigenvalue weighted by Gasteiger charge is 2.50. The molecule has 0 bridgehead atoms. The van der Waals surface area contributed by atoms with E-state index in [1.165, 1.54) is 0 Å². The summed E-state index contributed by atoms with van der Waals surface area (Å²) in [5.41, 5.74) is 1.90. The summed E-state index contributed by atoms with van der Waals surface area (Å²) < 4.78 is 5.43. The van der Waals surface area contributed by atoms with Gasteiger partial charge < -0.3 is 15.0 Å². The highest BCUT2D eigenvalue weighted by Crippen LogP contribution is 2.38. The van der Waals surface area contributed by atoms with E-state index in [0.717, 1.165) is 11.3 Å². The van der Waals surface area contributed by atoms with Gasteiger partial charge in [0.05, 0.1) is 5.54 Å². The maximum absolute atomic E-state index is 13.4. The topological polar surface area (TPSA) is 79.0 Å². The van der Waals surface area contributed by atoms with E-state index in [0.29, 0.717) is 38.1 Å². The molecule has 0 aliphatic carbocycles. The molecule has 2 heterocycles. The number of para-hydroxylation sites is 1. The van der Waals surface area contributed by atoms with Crippen molar-refractivity contribution in [3.8, 4) is 0 Å². The summed E-state index contributed by atoms with van der Waals surface area (Å²) in [6.45, 7) is 7.13. The molecule has 174 valence electrons. The second kappa shape index (κ2) is 9.25. The van der Waals surface area contributed by atoms with E-state index in [9.17, 15) is 14.4 Å². The minimum Gasteiger partial charge on any atom is -0.447 e. The van der Waals surface area contributed by atoms with Crippen LogP contribution in [0.15, 0.2) is 54.6 Å². The molecule has 0 unspecified atom stereocenters. The molecule has 0 radical (unpaired) electrons. The van der Waals surface area contributed by atoms with E-state index in [2.05, 4.69) is 5.32 Å². The number of carbonyl (C=O) groups excluding carboxylic acids is 3. The van der Waals surface area contributed by atoms with Crippen LogP contribution in [0.2, 0.25) is 0 Å². The zero-order chi connectivity index (χ0) is 23.6. The Morgan fingerprint density at radius 3 is 2.36 bits per heavy atom. The highest BCUT2D eigenvalue weighted by molar-refractivity contribution is 5.98. The average molecular weight is 450 g/mol. The van der Waals surface area contributed by atoms with Crippen molar-refractivity contribution in [2.45, 2.75) is 45.2 Å². The molecular weight excluding hydrogens is 418 g/mol. The fourth-order valence-electron chi connectivity index (χ4n) is 4.71. The molecule has 2 fully saturated rings. The van der Waals surface area contributed by atoms with E-state index in [1.807, 2.05) is 69.3 Å². The molecule has 1 spiro atoms. The van der Waals surface area contributed by atoms with Crippen LogP contribution in [0.5, 0.6) is 0 Å². The van der Waals surface area contributed by atoms with Crippen molar-refractivity contribution in [2.75, 3.05) is 24.6 Å². The van der Waals surface area contributed by atoms with Gasteiger partial charge in [-0.1, -0.05) is 49.7 Å². The van der Waals surface area contributed by atoms with E-state index in [-0.39, 0.29) is 23.8 Å². The van der Waals surface area contributed by atoms with Crippen molar-refractivity contribution in [1.29, 1.82) is 0 Å². The Bertz CT molecular complexity index is 1030. The van der Waals surface area contributed by atoms with Gasteiger partial charge in [0.2, 0.25) is 5.91 Å². The fraction of sp³-hybridized carbons (Fsp3) is 0.423. The number of rotatable bonds is 5. The number of nitrogens with one attached hydrogen (secondary N) is 1. The Kier molecular flexibility index (Phi) is 6.40. The minimum atomic E-state index is -0.612. The molecule has 7 nitrogen and oxygen atoms in total. The standard InChI is InChI=1S/C26H31N3O4/c1-18(2)22(27-23(30)20-9-7-8-19(3)16-20)24(31)28-14-12-26(13-15-28)17-33-25(32)29(26)21-10-5-4-6-11-21/h4-11,16,18,22H,12-15,17H2,1-3H3,(H,27,30)/t22-/m1/s1. The van der Waals surface area contributed by atoms with E-state index in [1.54, 1.807) is 15.9 Å². The molecule has 2 saturated heterocycles. The first-order valence-electron chi connectivity index (χ1n) is 11.5. The molecule has 1 N–H and O–H groups in total. The predicted octanol–water partition coefficient (Wildman–Crippen LogP) is 3.77. The first-order valence-corrected chi connectivity index (χ1v) is 11.5. The third kappa shape index (κ3) is 4.58. The largest absolute Gasteiger partial charge is 0.447 e. The zero-order valence-electron chi connectivity index (χ0n) is 19.4. The quantitative estimate of drug-likeness (QED) is 0.754. The van der Waals surface area contributed by atoms with Gasteiger partial charge in [-0.2, -0.15) is 0 Å². The maximum atomic E-state index is 13.4. The molecule has 2 aliphatic rings. The third-order valence-corrected chi connectivity index (χ3v) is 6.64. The first-order chi connectivity index (χ1) is 15.8. The second-order valence-corrected chi connectivity index (χ2v) is 9.34. The molecule has 2 aromatic carbocycles. The van der Waals surface area contributed by atoms with E-state index >= 15 is 0 Å². The number of aryl methyl sites for hydroxylation is 1. The fourth-order valence-corrected chi connectivity index (χ4v) is 4.71. The normalized spacial score (nSPS) is 18.4. The Balaban J connectivity index is 1.45. The highest BCUT2D eigenvalue weighted by atomic mass is 16.6. The summed E-state index contributed by atoms with van der Waals surface area (Å²) >= 11 is 0. The monoisotopic (exact) mass is 449 g/mol. The van der Waals surface area contributed by atoms with Gasteiger partial charge in [-0.15, -0.1) is 0 Å². The predicted molar refractivity (Wildman–Crippen MR) is 126 cm³/mol. The lowest BCUT2D eigenvalue weighted by molar-refractivity contribution is -0.135. The van der Waals surface area contributed by atoms with Crippen LogP contribution >= 0.6 is 0 Å². The molecule has 4 rings (SSSR count). The molecular formula is C26H31N3O4. The van der Waals surface area contributed by atoms with Gasteiger partial charge in [0, 0.05) is 24.3 Å². The van der Waals surface area contributed by atoms with Crippen LogP contribution in [0.3, 0.4) is 0 Å². The number of hydrogen-bond donors (Lipinski definition) is 1. The van der Waals surface area contributed by atoms with Crippen molar-refractivity contribution >= 4 is 23.6 Å². The van der Waals surface area contributed by atoms with Gasteiger partial charge in [-0.25, -0.2) is 4.79 Å². The number of amides is 3. The molecule has 2 aromatic rings. The Hall–Kier alpha value is -3.35.